The van der Waals surface area contributed by atoms with Crippen LogP contribution in [0.4, 0.5) is 74.6 Å². The van der Waals surface area contributed by atoms with Crippen LogP contribution in [0.25, 0.3) is 0 Å². The van der Waals surface area contributed by atoms with Gasteiger partial charge in [0.15, 0.2) is 0 Å². The van der Waals surface area contributed by atoms with Crippen LogP contribution in [0.15, 0.2) is 24.3 Å². The minimum atomic E-state index is -8.03. The summed E-state index contributed by atoms with van der Waals surface area (Å²) in [7, 11) is -2.62. The summed E-state index contributed by atoms with van der Waals surface area (Å²) in [6.45, 7) is -0.306. The fraction of sp³-hybridized carbons (Fsp3) is 0.588. The van der Waals surface area contributed by atoms with Crippen molar-refractivity contribution < 1.29 is 98.7 Å². The Bertz CT molecular complexity index is 1100. The summed E-state index contributed by atoms with van der Waals surface area (Å²) in [5, 5.41) is 9.73. The first-order valence-corrected chi connectivity index (χ1v) is 10.1. The van der Waals surface area contributed by atoms with Crippen LogP contribution in [0.2, 0.25) is 0 Å². The highest BCUT2D eigenvalue weighted by molar-refractivity contribution is 6.60. The number of hydrogen-bond acceptors (Lipinski definition) is 6. The second-order valence-electron chi connectivity index (χ2n) is 7.66. The van der Waals surface area contributed by atoms with Gasteiger partial charge in [-0.05, 0) is 5.46 Å². The van der Waals surface area contributed by atoms with E-state index in [0.717, 1.165) is 0 Å². The van der Waals surface area contributed by atoms with E-state index in [9.17, 15) is 80.1 Å². The molecule has 7 nitrogen and oxygen atoms in total. The Hall–Kier alpha value is -2.64. The number of ether oxygens (including phenoxy) is 2. The van der Waals surface area contributed by atoms with Crippen molar-refractivity contribution in [3.63, 3.8) is 0 Å². The van der Waals surface area contributed by atoms with E-state index in [-0.39, 0.29) is 24.7 Å². The summed E-state index contributed by atoms with van der Waals surface area (Å²) in [6, 6.07) is 0.107. The lowest BCUT2D eigenvalue weighted by atomic mass is 9.78. The lowest BCUT2D eigenvalue weighted by molar-refractivity contribution is -0.554. The standard InChI is InChI=1S/C17H12BF17N2O5/c19-10(13(23,24)25,7-2-1-3-8(6-7)18(39)42-37-9(38)4-5-36)40-17(34,35)12(22,15(29,30)31)41-16(32,33)11(20,21)14(26,27)28/h1-3,6,39H,4-5,36H2,(H,37,38). The molecule has 0 saturated heterocycles. The highest BCUT2D eigenvalue weighted by atomic mass is 19.4. The molecule has 0 aliphatic rings. The summed E-state index contributed by atoms with van der Waals surface area (Å²) >= 11 is 0. The van der Waals surface area contributed by atoms with Gasteiger partial charge in [-0.15, -0.1) is 0 Å². The van der Waals surface area contributed by atoms with Crippen molar-refractivity contribution in [1.29, 1.82) is 0 Å². The first-order chi connectivity index (χ1) is 18.5. The van der Waals surface area contributed by atoms with E-state index in [4.69, 9.17) is 5.73 Å². The first kappa shape index (κ1) is 37.4. The zero-order valence-electron chi connectivity index (χ0n) is 19.4. The van der Waals surface area contributed by atoms with Crippen LogP contribution in [0.1, 0.15) is 12.0 Å². The van der Waals surface area contributed by atoms with Crippen LogP contribution < -0.4 is 16.7 Å². The third-order valence-electron chi connectivity index (χ3n) is 4.56. The maximum atomic E-state index is 15.0. The van der Waals surface area contributed by atoms with E-state index in [1.165, 1.54) is 10.2 Å². The van der Waals surface area contributed by atoms with Gasteiger partial charge in [-0.1, -0.05) is 24.3 Å². The molecule has 0 fully saturated rings. The number of halogens is 17. The molecule has 1 aromatic rings. The molecule has 0 saturated carbocycles. The number of hydrogen-bond donors (Lipinski definition) is 3. The van der Waals surface area contributed by atoms with Gasteiger partial charge in [-0.2, -0.15) is 74.6 Å². The average Bonchev–Trinajstić information content (AvgIpc) is 2.79. The molecular weight excluding hydrogens is 646 g/mol. The molecule has 0 aromatic heterocycles. The molecule has 242 valence electrons. The first-order valence-electron chi connectivity index (χ1n) is 10.1. The average molecular weight is 658 g/mol. The predicted octanol–water partition coefficient (Wildman–Crippen LogP) is 4.10. The largest absolute Gasteiger partial charge is 0.514 e. The molecule has 0 spiro atoms. The minimum Gasteiger partial charge on any atom is -0.422 e. The van der Waals surface area contributed by atoms with Gasteiger partial charge in [0.2, 0.25) is 5.91 Å². The molecule has 2 unspecified atom stereocenters. The predicted molar refractivity (Wildman–Crippen MR) is 98.7 cm³/mol. The minimum absolute atomic E-state index is 0.224. The molecule has 42 heavy (non-hydrogen) atoms. The number of hydroxylamine groups is 1. The summed E-state index contributed by atoms with van der Waals surface area (Å²) < 4.78 is 235. The van der Waals surface area contributed by atoms with Crippen LogP contribution in [-0.2, 0) is 24.9 Å². The van der Waals surface area contributed by atoms with E-state index >= 15 is 4.39 Å². The van der Waals surface area contributed by atoms with Gasteiger partial charge in [-0.25, -0.2) is 5.48 Å². The molecule has 1 rings (SSSR count). The van der Waals surface area contributed by atoms with Crippen LogP contribution >= 0.6 is 0 Å². The van der Waals surface area contributed by atoms with Gasteiger partial charge in [0, 0.05) is 18.5 Å². The fourth-order valence-corrected chi connectivity index (χ4v) is 2.47. The van der Waals surface area contributed by atoms with Crippen LogP contribution in [0, 0.1) is 0 Å². The van der Waals surface area contributed by atoms with Crippen molar-refractivity contribution in [1.82, 2.24) is 5.48 Å². The normalized spacial score (nSPS) is 16.9. The second kappa shape index (κ2) is 11.8. The van der Waals surface area contributed by atoms with Crippen molar-refractivity contribution in [2.24, 2.45) is 5.73 Å². The van der Waals surface area contributed by atoms with Crippen molar-refractivity contribution >= 4 is 18.5 Å². The topological polar surface area (TPSA) is 103 Å². The lowest BCUT2D eigenvalue weighted by Crippen LogP contribution is -2.67. The third kappa shape index (κ3) is 7.28. The number of alkyl halides is 17. The molecule has 1 aromatic carbocycles. The number of amides is 1. The molecule has 2 atom stereocenters. The Labute approximate surface area is 220 Å². The van der Waals surface area contributed by atoms with E-state index in [1.54, 1.807) is 0 Å². The fourth-order valence-electron chi connectivity index (χ4n) is 2.47. The monoisotopic (exact) mass is 658 g/mol. The Morgan fingerprint density at radius 2 is 1.31 bits per heavy atom. The summed E-state index contributed by atoms with van der Waals surface area (Å²) in [5.74, 6) is -23.5. The van der Waals surface area contributed by atoms with Crippen LogP contribution in [-0.4, -0.2) is 67.1 Å². The van der Waals surface area contributed by atoms with Crippen molar-refractivity contribution in [2.45, 2.75) is 54.8 Å². The second-order valence-corrected chi connectivity index (χ2v) is 7.66. The van der Waals surface area contributed by atoms with Gasteiger partial charge < -0.3 is 10.8 Å². The van der Waals surface area contributed by atoms with Gasteiger partial charge in [-0.3, -0.25) is 19.0 Å². The molecule has 25 heteroatoms. The van der Waals surface area contributed by atoms with Crippen molar-refractivity contribution in [3.8, 4) is 0 Å². The Kier molecular flexibility index (Phi) is 10.5. The van der Waals surface area contributed by atoms with Crippen LogP contribution in [0.5, 0.6) is 0 Å². The molecule has 0 radical (unpaired) electrons. The van der Waals surface area contributed by atoms with E-state index in [1.807, 2.05) is 0 Å². The SMILES string of the molecule is NCCC(=O)NOB(O)c1cccc(C(F)(OC(F)(F)C(F)(OC(F)(F)C(F)(F)C(F)(F)F)C(F)(F)F)C(F)(F)F)c1. The number of benzene rings is 1. The quantitative estimate of drug-likeness (QED) is 0.178. The van der Waals surface area contributed by atoms with Gasteiger partial charge in [0.1, 0.15) is 0 Å². The highest BCUT2D eigenvalue weighted by Crippen LogP contribution is 2.57. The number of nitrogens with one attached hydrogen (secondary N) is 1. The van der Waals surface area contributed by atoms with E-state index in [2.05, 4.69) is 9.49 Å². The summed E-state index contributed by atoms with van der Waals surface area (Å²) in [4.78, 5) is 11.2. The molecular formula is C17H12BF17N2O5. The molecule has 0 bridgehead atoms. The smallest absolute Gasteiger partial charge is 0.422 e. The lowest BCUT2D eigenvalue weighted by Gasteiger charge is -2.40. The maximum Gasteiger partial charge on any atom is 0.514 e. The number of carbonyl (C=O) groups is 1. The van der Waals surface area contributed by atoms with Crippen molar-refractivity contribution in [3.05, 3.63) is 29.8 Å². The molecule has 0 aliphatic carbocycles. The van der Waals surface area contributed by atoms with E-state index < -0.39 is 78.9 Å². The molecule has 0 aliphatic heterocycles. The number of rotatable bonds is 12. The van der Waals surface area contributed by atoms with E-state index in [0.29, 0.717) is 6.07 Å². The Morgan fingerprint density at radius 3 is 1.74 bits per heavy atom. The highest BCUT2D eigenvalue weighted by Gasteiger charge is 2.85. The number of nitrogens with two attached hydrogens (primary N) is 1. The third-order valence-corrected chi connectivity index (χ3v) is 4.56. The molecule has 4 N–H and O–H groups in total. The van der Waals surface area contributed by atoms with Gasteiger partial charge >= 0.3 is 55.5 Å². The summed E-state index contributed by atoms with van der Waals surface area (Å²) in [5.41, 5.74) is 2.86. The summed E-state index contributed by atoms with van der Waals surface area (Å²) in [6.07, 6.45) is -38.9. The zero-order chi connectivity index (χ0) is 33.4. The number of carbonyl (C=O) groups excluding carboxylic acids is 1. The zero-order valence-corrected chi connectivity index (χ0v) is 19.4. The molecule has 0 heterocycles. The van der Waals surface area contributed by atoms with Gasteiger partial charge in [0.25, 0.3) is 0 Å². The van der Waals surface area contributed by atoms with Gasteiger partial charge in [0.05, 0.1) is 0 Å². The Morgan fingerprint density at radius 1 is 0.786 bits per heavy atom. The Balaban J connectivity index is 3.66. The van der Waals surface area contributed by atoms with Crippen molar-refractivity contribution in [2.75, 3.05) is 6.54 Å². The maximum absolute atomic E-state index is 15.0. The molecule has 1 amide bonds. The van der Waals surface area contributed by atoms with Crippen LogP contribution in [0.3, 0.4) is 0 Å².